The van der Waals surface area contributed by atoms with Crippen LogP contribution < -0.4 is 15.4 Å². The van der Waals surface area contributed by atoms with Gasteiger partial charge < -0.3 is 25.2 Å². The number of ether oxygens (including phenoxy) is 2. The van der Waals surface area contributed by atoms with Gasteiger partial charge >= 0.3 is 0 Å². The number of aliphatic hydroxyl groups is 1. The van der Waals surface area contributed by atoms with Crippen LogP contribution in [-0.4, -0.2) is 49.1 Å². The van der Waals surface area contributed by atoms with Crippen LogP contribution >= 0.6 is 0 Å². The van der Waals surface area contributed by atoms with Gasteiger partial charge in [-0.1, -0.05) is 25.0 Å². The summed E-state index contributed by atoms with van der Waals surface area (Å²) in [7, 11) is 0. The summed E-state index contributed by atoms with van der Waals surface area (Å²) in [5, 5.41) is 17.1. The molecular weight excluding hydrogens is 342 g/mol. The van der Waals surface area contributed by atoms with Crippen molar-refractivity contribution >= 4 is 5.96 Å². The molecule has 0 spiro atoms. The van der Waals surface area contributed by atoms with Gasteiger partial charge in [-0.15, -0.1) is 0 Å². The van der Waals surface area contributed by atoms with Gasteiger partial charge in [-0.3, -0.25) is 0 Å². The molecule has 0 aromatic heterocycles. The Hall–Kier alpha value is -1.79. The molecule has 2 fully saturated rings. The Morgan fingerprint density at radius 3 is 2.85 bits per heavy atom. The van der Waals surface area contributed by atoms with E-state index in [0.29, 0.717) is 19.7 Å². The van der Waals surface area contributed by atoms with Gasteiger partial charge in [-0.05, 0) is 38.3 Å². The fraction of sp³-hybridized carbons (Fsp3) is 0.667. The van der Waals surface area contributed by atoms with Crippen molar-refractivity contribution in [3.8, 4) is 5.75 Å². The molecule has 3 rings (SSSR count). The maximum absolute atomic E-state index is 10.6. The summed E-state index contributed by atoms with van der Waals surface area (Å²) in [5.74, 6) is 1.62. The third-order valence-corrected chi connectivity index (χ3v) is 5.28. The normalized spacial score (nSPS) is 22.0. The van der Waals surface area contributed by atoms with E-state index in [1.165, 1.54) is 5.56 Å². The van der Waals surface area contributed by atoms with Crippen molar-refractivity contribution in [2.75, 3.05) is 26.3 Å². The van der Waals surface area contributed by atoms with Crippen molar-refractivity contribution in [2.24, 2.45) is 4.99 Å². The molecule has 150 valence electrons. The van der Waals surface area contributed by atoms with Gasteiger partial charge in [0.25, 0.3) is 0 Å². The first-order valence-corrected chi connectivity index (χ1v) is 10.2. The molecule has 1 saturated carbocycles. The monoisotopic (exact) mass is 375 g/mol. The largest absolute Gasteiger partial charge is 0.488 e. The molecule has 6 nitrogen and oxygen atoms in total. The van der Waals surface area contributed by atoms with Gasteiger partial charge in [-0.25, -0.2) is 4.99 Å². The summed E-state index contributed by atoms with van der Waals surface area (Å²) in [6.45, 7) is 7.37. The van der Waals surface area contributed by atoms with E-state index in [1.54, 1.807) is 0 Å². The molecule has 1 aliphatic heterocycles. The second kappa shape index (κ2) is 9.42. The predicted octanol–water partition coefficient (Wildman–Crippen LogP) is 2.52. The number of rotatable bonds is 7. The van der Waals surface area contributed by atoms with E-state index in [4.69, 9.17) is 14.5 Å². The molecule has 6 heteroatoms. The first-order chi connectivity index (χ1) is 13.1. The highest BCUT2D eigenvalue weighted by Crippen LogP contribution is 2.28. The van der Waals surface area contributed by atoms with Crippen LogP contribution in [0.4, 0.5) is 0 Å². The highest BCUT2D eigenvalue weighted by molar-refractivity contribution is 5.79. The molecule has 1 heterocycles. The summed E-state index contributed by atoms with van der Waals surface area (Å²) in [4.78, 5) is 4.71. The Bertz CT molecular complexity index is 636. The predicted molar refractivity (Wildman–Crippen MR) is 107 cm³/mol. The minimum atomic E-state index is -0.600. The minimum absolute atomic E-state index is 0.123. The Morgan fingerprint density at radius 2 is 2.15 bits per heavy atom. The first kappa shape index (κ1) is 20.0. The van der Waals surface area contributed by atoms with Gasteiger partial charge in [0.1, 0.15) is 11.9 Å². The Labute approximate surface area is 162 Å². The molecule has 3 N–H and O–H groups in total. The number of nitrogens with zero attached hydrogens (tertiary/aromatic N) is 1. The van der Waals surface area contributed by atoms with Gasteiger partial charge in [-0.2, -0.15) is 0 Å². The molecule has 0 bridgehead atoms. The molecule has 1 aromatic carbocycles. The SMILES string of the molecule is CCNC(=NCc1ccc(C)cc1OC1CCOC1)NCC1(O)CCCC1. The summed E-state index contributed by atoms with van der Waals surface area (Å²) < 4.78 is 11.6. The molecule has 1 aliphatic carbocycles. The second-order valence-electron chi connectivity index (χ2n) is 7.69. The number of guanidine groups is 1. The van der Waals surface area contributed by atoms with Crippen molar-refractivity contribution in [2.45, 2.75) is 64.2 Å². The molecule has 1 saturated heterocycles. The average Bonchev–Trinajstić information content (AvgIpc) is 3.31. The van der Waals surface area contributed by atoms with Gasteiger partial charge in [0, 0.05) is 25.1 Å². The lowest BCUT2D eigenvalue weighted by molar-refractivity contribution is 0.0522. The number of benzene rings is 1. The van der Waals surface area contributed by atoms with E-state index in [0.717, 1.165) is 62.5 Å². The fourth-order valence-electron chi connectivity index (χ4n) is 3.65. The third-order valence-electron chi connectivity index (χ3n) is 5.28. The van der Waals surface area contributed by atoms with Crippen LogP contribution in [0.5, 0.6) is 5.75 Å². The summed E-state index contributed by atoms with van der Waals surface area (Å²) in [5.41, 5.74) is 1.63. The van der Waals surface area contributed by atoms with Crippen LogP contribution in [-0.2, 0) is 11.3 Å². The fourth-order valence-corrected chi connectivity index (χ4v) is 3.65. The van der Waals surface area contributed by atoms with Gasteiger partial charge in [0.2, 0.25) is 0 Å². The Morgan fingerprint density at radius 1 is 1.33 bits per heavy atom. The maximum Gasteiger partial charge on any atom is 0.191 e. The van der Waals surface area contributed by atoms with E-state index >= 15 is 0 Å². The standard InChI is InChI=1S/C21H33N3O3/c1-3-22-20(24-15-21(25)9-4-5-10-21)23-13-17-7-6-16(2)12-19(17)27-18-8-11-26-14-18/h6-7,12,18,25H,3-5,8-11,13-15H2,1-2H3,(H2,22,23,24). The maximum atomic E-state index is 10.6. The number of nitrogens with one attached hydrogen (secondary N) is 2. The molecular formula is C21H33N3O3. The number of aryl methyl sites for hydroxylation is 1. The quantitative estimate of drug-likeness (QED) is 0.504. The van der Waals surface area contributed by atoms with Crippen molar-refractivity contribution < 1.29 is 14.6 Å². The van der Waals surface area contributed by atoms with Gasteiger partial charge in [0.05, 0.1) is 25.4 Å². The number of aliphatic imine (C=N–C) groups is 1. The minimum Gasteiger partial charge on any atom is -0.488 e. The van der Waals surface area contributed by atoms with Crippen LogP contribution in [0.3, 0.4) is 0 Å². The lowest BCUT2D eigenvalue weighted by Gasteiger charge is -2.24. The first-order valence-electron chi connectivity index (χ1n) is 10.2. The number of hydrogen-bond acceptors (Lipinski definition) is 4. The summed E-state index contributed by atoms with van der Waals surface area (Å²) in [6.07, 6.45) is 4.97. The topological polar surface area (TPSA) is 75.1 Å². The smallest absolute Gasteiger partial charge is 0.191 e. The summed E-state index contributed by atoms with van der Waals surface area (Å²) in [6, 6.07) is 6.24. The molecule has 1 atom stereocenters. The van der Waals surface area contributed by atoms with Crippen LogP contribution in [0.15, 0.2) is 23.2 Å². The van der Waals surface area contributed by atoms with E-state index in [9.17, 15) is 5.11 Å². The zero-order chi connectivity index (χ0) is 19.1. The van der Waals surface area contributed by atoms with Crippen LogP contribution in [0.25, 0.3) is 0 Å². The van der Waals surface area contributed by atoms with Gasteiger partial charge in [0.15, 0.2) is 5.96 Å². The average molecular weight is 376 g/mol. The molecule has 1 aromatic rings. The van der Waals surface area contributed by atoms with Crippen molar-refractivity contribution in [1.29, 1.82) is 0 Å². The van der Waals surface area contributed by atoms with Crippen LogP contribution in [0.1, 0.15) is 50.2 Å². The van der Waals surface area contributed by atoms with E-state index < -0.39 is 5.60 Å². The highest BCUT2D eigenvalue weighted by Gasteiger charge is 2.31. The van der Waals surface area contributed by atoms with E-state index in [1.807, 2.05) is 6.92 Å². The van der Waals surface area contributed by atoms with Crippen molar-refractivity contribution in [3.05, 3.63) is 29.3 Å². The third kappa shape index (κ3) is 5.84. The molecule has 1 unspecified atom stereocenters. The van der Waals surface area contributed by atoms with Crippen LogP contribution in [0, 0.1) is 6.92 Å². The zero-order valence-electron chi connectivity index (χ0n) is 16.6. The van der Waals surface area contributed by atoms with E-state index in [-0.39, 0.29) is 6.10 Å². The Balaban J connectivity index is 1.65. The van der Waals surface area contributed by atoms with E-state index in [2.05, 4.69) is 35.8 Å². The molecule has 27 heavy (non-hydrogen) atoms. The summed E-state index contributed by atoms with van der Waals surface area (Å²) >= 11 is 0. The highest BCUT2D eigenvalue weighted by atomic mass is 16.5. The van der Waals surface area contributed by atoms with Crippen molar-refractivity contribution in [3.63, 3.8) is 0 Å². The lowest BCUT2D eigenvalue weighted by atomic mass is 10.0. The number of hydrogen-bond donors (Lipinski definition) is 3. The molecule has 2 aliphatic rings. The van der Waals surface area contributed by atoms with Crippen molar-refractivity contribution in [1.82, 2.24) is 10.6 Å². The molecule has 0 amide bonds. The lowest BCUT2D eigenvalue weighted by Crippen LogP contribution is -2.46. The zero-order valence-corrected chi connectivity index (χ0v) is 16.6. The molecule has 0 radical (unpaired) electrons. The Kier molecular flexibility index (Phi) is 6.96. The van der Waals surface area contributed by atoms with Crippen LogP contribution in [0.2, 0.25) is 0 Å². The second-order valence-corrected chi connectivity index (χ2v) is 7.69.